The number of rotatable bonds is 1. The summed E-state index contributed by atoms with van der Waals surface area (Å²) < 4.78 is 13.5. The van der Waals surface area contributed by atoms with E-state index < -0.39 is 0 Å². The number of halogens is 1. The summed E-state index contributed by atoms with van der Waals surface area (Å²) in [5, 5.41) is 7.63. The predicted molar refractivity (Wildman–Crippen MR) is 85.1 cm³/mol. The van der Waals surface area contributed by atoms with Gasteiger partial charge in [-0.3, -0.25) is 9.89 Å². The van der Waals surface area contributed by atoms with E-state index in [1.807, 2.05) is 11.0 Å². The lowest BCUT2D eigenvalue weighted by Crippen LogP contribution is -2.35. The summed E-state index contributed by atoms with van der Waals surface area (Å²) in [6.45, 7) is 3.77. The van der Waals surface area contributed by atoms with Crippen molar-refractivity contribution in [2.45, 2.75) is 32.7 Å². The highest BCUT2D eigenvalue weighted by Crippen LogP contribution is 2.36. The van der Waals surface area contributed by atoms with Gasteiger partial charge in [-0.05, 0) is 36.6 Å². The summed E-state index contributed by atoms with van der Waals surface area (Å²) in [6.07, 6.45) is 2.65. The molecule has 0 atom stereocenters. The van der Waals surface area contributed by atoms with E-state index in [-0.39, 0.29) is 11.7 Å². The zero-order valence-corrected chi connectivity index (χ0v) is 13.1. The number of benzene rings is 1. The predicted octanol–water partition coefficient (Wildman–Crippen LogP) is 2.54. The number of aryl methyl sites for hydroxylation is 1. The third-order valence-electron chi connectivity index (χ3n) is 4.77. The molecular weight excluding hydrogens is 295 g/mol. The van der Waals surface area contributed by atoms with Gasteiger partial charge in [-0.2, -0.15) is 5.10 Å². The topological polar surface area (TPSA) is 52.2 Å². The molecule has 2 aliphatic heterocycles. The van der Waals surface area contributed by atoms with Crippen molar-refractivity contribution < 1.29 is 9.18 Å². The maximum absolute atomic E-state index is 13.5. The Balaban J connectivity index is 1.74. The van der Waals surface area contributed by atoms with Crippen LogP contribution in [0, 0.1) is 5.82 Å². The number of fused-ring (bicyclic) bond motifs is 2. The third-order valence-corrected chi connectivity index (χ3v) is 4.77. The van der Waals surface area contributed by atoms with E-state index in [0.29, 0.717) is 6.54 Å². The van der Waals surface area contributed by atoms with Gasteiger partial charge in [-0.1, -0.05) is 0 Å². The Kier molecular flexibility index (Phi) is 3.32. The summed E-state index contributed by atoms with van der Waals surface area (Å²) in [7, 11) is 0. The standard InChI is InChI=1S/C17H19FN4O/c1-11(23)21-8-6-15-14(10-21)17(20-19-15)22-7-2-3-12-9-13(18)4-5-16(12)22/h4-5,9H,2-3,6-8,10H2,1H3,(H,19,20). The third kappa shape index (κ3) is 2.38. The number of hydrogen-bond donors (Lipinski definition) is 1. The van der Waals surface area contributed by atoms with Gasteiger partial charge in [0, 0.05) is 43.4 Å². The lowest BCUT2D eigenvalue weighted by Gasteiger charge is -2.32. The molecule has 1 amide bonds. The maximum atomic E-state index is 13.5. The van der Waals surface area contributed by atoms with Crippen LogP contribution in [0.1, 0.15) is 30.2 Å². The van der Waals surface area contributed by atoms with Crippen molar-refractivity contribution in [1.29, 1.82) is 0 Å². The van der Waals surface area contributed by atoms with E-state index in [9.17, 15) is 9.18 Å². The molecule has 1 N–H and O–H groups in total. The van der Waals surface area contributed by atoms with Crippen LogP contribution < -0.4 is 4.90 Å². The number of amides is 1. The van der Waals surface area contributed by atoms with E-state index in [1.165, 1.54) is 6.07 Å². The highest BCUT2D eigenvalue weighted by Gasteiger charge is 2.28. The fraction of sp³-hybridized carbons (Fsp3) is 0.412. The van der Waals surface area contributed by atoms with Crippen molar-refractivity contribution in [1.82, 2.24) is 15.1 Å². The number of hydrogen-bond acceptors (Lipinski definition) is 3. The first-order valence-corrected chi connectivity index (χ1v) is 8.01. The van der Waals surface area contributed by atoms with Gasteiger partial charge in [0.05, 0.1) is 6.54 Å². The summed E-state index contributed by atoms with van der Waals surface area (Å²) in [6, 6.07) is 4.94. The molecule has 0 spiro atoms. The van der Waals surface area contributed by atoms with E-state index in [0.717, 1.165) is 60.7 Å². The molecule has 120 valence electrons. The Morgan fingerprint density at radius 1 is 1.30 bits per heavy atom. The molecule has 0 saturated carbocycles. The molecule has 1 aromatic heterocycles. The molecule has 0 unspecified atom stereocenters. The molecule has 0 aliphatic carbocycles. The lowest BCUT2D eigenvalue weighted by molar-refractivity contribution is -0.129. The second-order valence-corrected chi connectivity index (χ2v) is 6.22. The van der Waals surface area contributed by atoms with Crippen LogP contribution in [0.5, 0.6) is 0 Å². The van der Waals surface area contributed by atoms with Crippen molar-refractivity contribution in [2.75, 3.05) is 18.0 Å². The summed E-state index contributed by atoms with van der Waals surface area (Å²) in [4.78, 5) is 15.7. The van der Waals surface area contributed by atoms with E-state index in [4.69, 9.17) is 0 Å². The first-order valence-electron chi connectivity index (χ1n) is 8.01. The van der Waals surface area contributed by atoms with Gasteiger partial charge in [0.2, 0.25) is 5.91 Å². The molecule has 1 aromatic carbocycles. The highest BCUT2D eigenvalue weighted by molar-refractivity contribution is 5.75. The van der Waals surface area contributed by atoms with Crippen LogP contribution in [0.25, 0.3) is 0 Å². The van der Waals surface area contributed by atoms with Crippen LogP contribution in [0.15, 0.2) is 18.2 Å². The molecular formula is C17H19FN4O. The number of carbonyl (C=O) groups excluding carboxylic acids is 1. The van der Waals surface area contributed by atoms with Crippen molar-refractivity contribution in [2.24, 2.45) is 0 Å². The van der Waals surface area contributed by atoms with Gasteiger partial charge in [0.25, 0.3) is 0 Å². The Hall–Kier alpha value is -2.37. The molecule has 0 bridgehead atoms. The second-order valence-electron chi connectivity index (χ2n) is 6.22. The Morgan fingerprint density at radius 3 is 3.00 bits per heavy atom. The lowest BCUT2D eigenvalue weighted by atomic mass is 10.00. The van der Waals surface area contributed by atoms with Crippen molar-refractivity contribution >= 4 is 17.4 Å². The minimum absolute atomic E-state index is 0.0870. The van der Waals surface area contributed by atoms with Crippen molar-refractivity contribution in [3.8, 4) is 0 Å². The molecule has 0 fully saturated rings. The smallest absolute Gasteiger partial charge is 0.219 e. The average molecular weight is 314 g/mol. The maximum Gasteiger partial charge on any atom is 0.219 e. The first-order chi connectivity index (χ1) is 11.1. The van der Waals surface area contributed by atoms with Gasteiger partial charge < -0.3 is 9.80 Å². The average Bonchev–Trinajstić information content (AvgIpc) is 2.96. The van der Waals surface area contributed by atoms with Gasteiger partial charge in [0.15, 0.2) is 5.82 Å². The van der Waals surface area contributed by atoms with Crippen LogP contribution in [-0.4, -0.2) is 34.1 Å². The minimum Gasteiger partial charge on any atom is -0.338 e. The molecule has 4 rings (SSSR count). The summed E-state index contributed by atoms with van der Waals surface area (Å²) in [5.41, 5.74) is 4.23. The van der Waals surface area contributed by atoms with Gasteiger partial charge in [-0.15, -0.1) is 0 Å². The zero-order valence-electron chi connectivity index (χ0n) is 13.1. The number of anilines is 2. The van der Waals surface area contributed by atoms with Crippen LogP contribution in [0.4, 0.5) is 15.9 Å². The molecule has 0 radical (unpaired) electrons. The quantitative estimate of drug-likeness (QED) is 0.880. The first kappa shape index (κ1) is 14.2. The highest BCUT2D eigenvalue weighted by atomic mass is 19.1. The largest absolute Gasteiger partial charge is 0.338 e. The fourth-order valence-corrected chi connectivity index (χ4v) is 3.56. The fourth-order valence-electron chi connectivity index (χ4n) is 3.56. The number of aromatic amines is 1. The Morgan fingerprint density at radius 2 is 2.17 bits per heavy atom. The van der Waals surface area contributed by atoms with Crippen molar-refractivity contribution in [3.05, 3.63) is 40.8 Å². The van der Waals surface area contributed by atoms with Gasteiger partial charge in [0.1, 0.15) is 5.82 Å². The molecule has 23 heavy (non-hydrogen) atoms. The van der Waals surface area contributed by atoms with Crippen molar-refractivity contribution in [3.63, 3.8) is 0 Å². The monoisotopic (exact) mass is 314 g/mol. The van der Waals surface area contributed by atoms with E-state index >= 15 is 0 Å². The van der Waals surface area contributed by atoms with Gasteiger partial charge in [-0.25, -0.2) is 4.39 Å². The Labute approximate surface area is 134 Å². The normalized spacial score (nSPS) is 17.0. The number of carbonyl (C=O) groups is 1. The van der Waals surface area contributed by atoms with Gasteiger partial charge >= 0.3 is 0 Å². The number of nitrogens with one attached hydrogen (secondary N) is 1. The van der Waals surface area contributed by atoms with Crippen LogP contribution >= 0.6 is 0 Å². The second kappa shape index (κ2) is 5.37. The summed E-state index contributed by atoms with van der Waals surface area (Å²) in [5.74, 6) is 0.764. The Bertz CT molecular complexity index is 770. The molecule has 0 saturated heterocycles. The molecule has 3 heterocycles. The zero-order chi connectivity index (χ0) is 16.0. The van der Waals surface area contributed by atoms with Crippen LogP contribution in [0.2, 0.25) is 0 Å². The molecule has 5 nitrogen and oxygen atoms in total. The number of aromatic nitrogens is 2. The van der Waals surface area contributed by atoms with Crippen LogP contribution in [-0.2, 0) is 24.2 Å². The van der Waals surface area contributed by atoms with E-state index in [2.05, 4.69) is 15.1 Å². The molecule has 2 aliphatic rings. The number of H-pyrrole nitrogens is 1. The number of nitrogens with zero attached hydrogens (tertiary/aromatic N) is 3. The summed E-state index contributed by atoms with van der Waals surface area (Å²) >= 11 is 0. The van der Waals surface area contributed by atoms with E-state index in [1.54, 1.807) is 13.0 Å². The SMILES string of the molecule is CC(=O)N1CCc2[nH]nc(N3CCCc4cc(F)ccc43)c2C1. The van der Waals surface area contributed by atoms with Crippen LogP contribution in [0.3, 0.4) is 0 Å². The molecule has 2 aromatic rings. The minimum atomic E-state index is -0.197. The molecule has 6 heteroatoms.